The van der Waals surface area contributed by atoms with Crippen LogP contribution in [0.2, 0.25) is 0 Å². The van der Waals surface area contributed by atoms with Crippen molar-refractivity contribution in [2.75, 3.05) is 18.8 Å². The second-order valence-electron chi connectivity index (χ2n) is 6.63. The lowest BCUT2D eigenvalue weighted by atomic mass is 10.2. The van der Waals surface area contributed by atoms with E-state index >= 15 is 0 Å². The summed E-state index contributed by atoms with van der Waals surface area (Å²) < 4.78 is 28.1. The first kappa shape index (κ1) is 20.8. The molecule has 1 aliphatic rings. The normalized spacial score (nSPS) is 17.6. The maximum atomic E-state index is 11.4. The third kappa shape index (κ3) is 6.57. The van der Waals surface area contributed by atoms with E-state index < -0.39 is 10.0 Å². The molecule has 7 nitrogen and oxygen atoms in total. The van der Waals surface area contributed by atoms with Crippen molar-refractivity contribution in [2.24, 2.45) is 10.1 Å². The Kier molecular flexibility index (Phi) is 7.41. The number of nitrogens with one attached hydrogen (secondary N) is 2. The third-order valence-corrected chi connectivity index (χ3v) is 6.76. The van der Waals surface area contributed by atoms with Crippen molar-refractivity contribution < 1.29 is 12.8 Å². The van der Waals surface area contributed by atoms with Crippen molar-refractivity contribution in [1.82, 2.24) is 10.6 Å². The van der Waals surface area contributed by atoms with Crippen LogP contribution in [-0.4, -0.2) is 38.5 Å². The smallest absolute Gasteiger partial charge is 0.238 e. The zero-order valence-electron chi connectivity index (χ0n) is 15.6. The summed E-state index contributed by atoms with van der Waals surface area (Å²) in [5.41, 5.74) is 0.912. The molecule has 1 unspecified atom stereocenters. The molecule has 2 heterocycles. The van der Waals surface area contributed by atoms with Crippen LogP contribution in [0.15, 0.2) is 57.0 Å². The molecule has 0 aliphatic carbocycles. The number of nitrogens with two attached hydrogens (primary N) is 1. The number of nitrogens with zero attached hydrogens (tertiary/aromatic N) is 1. The van der Waals surface area contributed by atoms with Crippen molar-refractivity contribution in [2.45, 2.75) is 36.0 Å². The number of guanidine groups is 1. The third-order valence-electron chi connectivity index (χ3n) is 4.44. The summed E-state index contributed by atoms with van der Waals surface area (Å²) in [5, 5.41) is 12.5. The molecule has 2 aromatic rings. The number of furan rings is 1. The summed E-state index contributed by atoms with van der Waals surface area (Å²) >= 11 is 2.00. The van der Waals surface area contributed by atoms with Gasteiger partial charge in [-0.15, -0.1) is 0 Å². The van der Waals surface area contributed by atoms with E-state index in [9.17, 15) is 8.42 Å². The highest BCUT2D eigenvalue weighted by Crippen LogP contribution is 2.25. The van der Waals surface area contributed by atoms with Crippen LogP contribution in [0.3, 0.4) is 0 Å². The van der Waals surface area contributed by atoms with Crippen molar-refractivity contribution in [3.05, 3.63) is 54.0 Å². The molecule has 1 atom stereocenters. The summed E-state index contributed by atoms with van der Waals surface area (Å²) in [6, 6.07) is 10.3. The van der Waals surface area contributed by atoms with Crippen molar-refractivity contribution >= 4 is 27.7 Å². The Hall–Kier alpha value is -1.97. The number of thioether (sulfide) groups is 1. The van der Waals surface area contributed by atoms with Crippen LogP contribution in [-0.2, 0) is 23.0 Å². The molecule has 1 aliphatic heterocycles. The van der Waals surface area contributed by atoms with Crippen LogP contribution in [0.1, 0.15) is 24.2 Å². The Morgan fingerprint density at radius 3 is 2.71 bits per heavy atom. The van der Waals surface area contributed by atoms with Crippen LogP contribution in [0.4, 0.5) is 0 Å². The number of benzene rings is 1. The minimum absolute atomic E-state index is 0.105. The average molecular weight is 423 g/mol. The number of rotatable bonds is 8. The monoisotopic (exact) mass is 422 g/mol. The number of sulfonamides is 1. The predicted octanol–water partition coefficient (Wildman–Crippen LogP) is 2.10. The van der Waals surface area contributed by atoms with Gasteiger partial charge in [0.25, 0.3) is 0 Å². The molecule has 0 saturated carbocycles. The fourth-order valence-corrected chi connectivity index (χ4v) is 4.62. The number of primary sulfonamides is 1. The Labute approximate surface area is 170 Å². The Morgan fingerprint density at radius 2 is 2.07 bits per heavy atom. The second-order valence-corrected chi connectivity index (χ2v) is 9.60. The molecule has 1 fully saturated rings. The summed E-state index contributed by atoms with van der Waals surface area (Å²) in [7, 11) is -3.67. The minimum atomic E-state index is -3.67. The summed E-state index contributed by atoms with van der Waals surface area (Å²) in [6.07, 6.45) is 4.94. The fourth-order valence-electron chi connectivity index (χ4n) is 2.90. The quantitative estimate of drug-likeness (QED) is 0.444. The first-order valence-corrected chi connectivity index (χ1v) is 11.9. The molecule has 1 saturated heterocycles. The molecule has 0 bridgehead atoms. The average Bonchev–Trinajstić information content (AvgIpc) is 3.37. The van der Waals surface area contributed by atoms with Crippen LogP contribution >= 0.6 is 11.8 Å². The van der Waals surface area contributed by atoms with Gasteiger partial charge in [0.15, 0.2) is 5.96 Å². The zero-order chi connectivity index (χ0) is 19.8. The van der Waals surface area contributed by atoms with Crippen LogP contribution < -0.4 is 15.8 Å². The highest BCUT2D eigenvalue weighted by molar-refractivity contribution is 8.00. The van der Waals surface area contributed by atoms with Gasteiger partial charge in [-0.1, -0.05) is 12.1 Å². The summed E-state index contributed by atoms with van der Waals surface area (Å²) in [4.78, 5) is 4.74. The molecule has 1 aromatic carbocycles. The molecular formula is C19H26N4O3S2. The molecule has 152 valence electrons. The van der Waals surface area contributed by atoms with Gasteiger partial charge in [0.2, 0.25) is 10.0 Å². The van der Waals surface area contributed by atoms with Gasteiger partial charge >= 0.3 is 0 Å². The zero-order valence-corrected chi connectivity index (χ0v) is 17.3. The maximum absolute atomic E-state index is 11.4. The largest absolute Gasteiger partial charge is 0.469 e. The van der Waals surface area contributed by atoms with Gasteiger partial charge in [0, 0.05) is 24.8 Å². The summed E-state index contributed by atoms with van der Waals surface area (Å²) in [5.74, 6) is 2.90. The van der Waals surface area contributed by atoms with Crippen molar-refractivity contribution in [3.8, 4) is 0 Å². The highest BCUT2D eigenvalue weighted by Gasteiger charge is 2.15. The molecule has 3 rings (SSSR count). The topological polar surface area (TPSA) is 110 Å². The summed E-state index contributed by atoms with van der Waals surface area (Å²) in [6.45, 7) is 2.03. The number of hydrogen-bond donors (Lipinski definition) is 3. The number of hydrogen-bond acceptors (Lipinski definition) is 5. The molecule has 28 heavy (non-hydrogen) atoms. The van der Waals surface area contributed by atoms with E-state index in [2.05, 4.69) is 15.6 Å². The van der Waals surface area contributed by atoms with Crippen molar-refractivity contribution in [1.29, 1.82) is 0 Å². The highest BCUT2D eigenvalue weighted by atomic mass is 32.2. The lowest BCUT2D eigenvalue weighted by molar-refractivity contribution is 0.506. The molecule has 4 N–H and O–H groups in total. The Bertz CT molecular complexity index is 859. The molecular weight excluding hydrogens is 396 g/mol. The van der Waals surface area contributed by atoms with Gasteiger partial charge in [0.05, 0.1) is 17.7 Å². The molecule has 1 aromatic heterocycles. The van der Waals surface area contributed by atoms with Gasteiger partial charge in [0.1, 0.15) is 5.76 Å². The van der Waals surface area contributed by atoms with Crippen LogP contribution in [0, 0.1) is 0 Å². The fraction of sp³-hybridized carbons (Fsp3) is 0.421. The molecule has 0 radical (unpaired) electrons. The Morgan fingerprint density at radius 1 is 1.25 bits per heavy atom. The lowest BCUT2D eigenvalue weighted by Gasteiger charge is -2.15. The SMILES string of the molecule is NS(=O)(=O)c1ccc(CN=C(NCCc2ccco2)NCC2CCCS2)cc1. The first-order chi connectivity index (χ1) is 13.5. The molecule has 9 heteroatoms. The van der Waals surface area contributed by atoms with Gasteiger partial charge in [-0.05, 0) is 48.4 Å². The van der Waals surface area contributed by atoms with Gasteiger partial charge in [-0.2, -0.15) is 11.8 Å². The second kappa shape index (κ2) is 9.99. The lowest BCUT2D eigenvalue weighted by Crippen LogP contribution is -2.41. The van der Waals surface area contributed by atoms with Gasteiger partial charge in [-0.3, -0.25) is 0 Å². The van der Waals surface area contributed by atoms with Gasteiger partial charge in [-0.25, -0.2) is 18.5 Å². The minimum Gasteiger partial charge on any atom is -0.469 e. The van der Waals surface area contributed by atoms with Crippen molar-refractivity contribution in [3.63, 3.8) is 0 Å². The predicted molar refractivity (Wildman–Crippen MR) is 113 cm³/mol. The van der Waals surface area contributed by atoms with E-state index in [-0.39, 0.29) is 4.90 Å². The van der Waals surface area contributed by atoms with Crippen LogP contribution in [0.5, 0.6) is 0 Å². The molecule has 0 spiro atoms. The maximum Gasteiger partial charge on any atom is 0.238 e. The Balaban J connectivity index is 1.58. The van der Waals surface area contributed by atoms with E-state index in [1.807, 2.05) is 23.9 Å². The standard InChI is InChI=1S/C19H26N4O3S2/c20-28(24,25)18-7-5-15(6-8-18)13-22-19(23-14-17-4-2-12-27-17)21-10-9-16-3-1-11-26-16/h1,3,5-8,11,17H,2,4,9-10,12-14H2,(H2,20,24,25)(H2,21,22,23). The first-order valence-electron chi connectivity index (χ1n) is 9.28. The molecule has 0 amide bonds. The van der Waals surface area contributed by atoms with Gasteiger partial charge < -0.3 is 15.1 Å². The van der Waals surface area contributed by atoms with E-state index in [1.54, 1.807) is 18.4 Å². The van der Waals surface area contributed by atoms with E-state index in [4.69, 9.17) is 9.56 Å². The van der Waals surface area contributed by atoms with E-state index in [0.717, 1.165) is 30.2 Å². The van der Waals surface area contributed by atoms with E-state index in [0.29, 0.717) is 18.3 Å². The van der Waals surface area contributed by atoms with E-state index in [1.165, 1.54) is 30.7 Å². The van der Waals surface area contributed by atoms with Crippen LogP contribution in [0.25, 0.3) is 0 Å². The number of aliphatic imine (C=N–C) groups is 1.